The highest BCUT2D eigenvalue weighted by molar-refractivity contribution is 6.02. The lowest BCUT2D eigenvalue weighted by atomic mass is 10.0. The van der Waals surface area contributed by atoms with Crippen molar-refractivity contribution >= 4 is 23.5 Å². The van der Waals surface area contributed by atoms with Gasteiger partial charge >= 0.3 is 5.97 Å². The number of hydrogen-bond acceptors (Lipinski definition) is 5. The van der Waals surface area contributed by atoms with Gasteiger partial charge in [0.05, 0.1) is 12.8 Å². The zero-order chi connectivity index (χ0) is 18.4. The molecule has 0 aliphatic carbocycles. The maximum absolute atomic E-state index is 12.1. The number of benzene rings is 1. The summed E-state index contributed by atoms with van der Waals surface area (Å²) in [6.45, 7) is 3.87. The van der Waals surface area contributed by atoms with Crippen molar-refractivity contribution in [2.45, 2.75) is 26.7 Å². The molecule has 0 saturated carbocycles. The third-order valence-electron chi connectivity index (χ3n) is 3.64. The molecule has 1 aromatic carbocycles. The molecule has 1 aromatic heterocycles. The second-order valence-electron chi connectivity index (χ2n) is 5.59. The molecule has 0 saturated heterocycles. The molecule has 0 unspecified atom stereocenters. The zero-order valence-electron chi connectivity index (χ0n) is 14.5. The minimum absolute atomic E-state index is 0.0140. The van der Waals surface area contributed by atoms with E-state index in [1.807, 2.05) is 19.1 Å². The van der Waals surface area contributed by atoms with E-state index in [0.29, 0.717) is 5.56 Å². The van der Waals surface area contributed by atoms with Crippen molar-refractivity contribution in [3.05, 3.63) is 47.2 Å². The summed E-state index contributed by atoms with van der Waals surface area (Å²) in [5.41, 5.74) is 1.82. The van der Waals surface area contributed by atoms with Gasteiger partial charge in [-0.15, -0.1) is 0 Å². The van der Waals surface area contributed by atoms with Crippen LogP contribution in [0.25, 0.3) is 0 Å². The Morgan fingerprint density at radius 1 is 1.16 bits per heavy atom. The number of rotatable bonds is 7. The van der Waals surface area contributed by atoms with Crippen molar-refractivity contribution < 1.29 is 19.1 Å². The van der Waals surface area contributed by atoms with Gasteiger partial charge in [-0.1, -0.05) is 29.8 Å². The van der Waals surface area contributed by atoms with Crippen LogP contribution < -0.4 is 5.32 Å². The first kappa shape index (κ1) is 18.4. The molecule has 2 rings (SSSR count). The quantitative estimate of drug-likeness (QED) is 0.616. The largest absolute Gasteiger partial charge is 0.462 e. The number of carbonyl (C=O) groups excluding carboxylic acids is 3. The third-order valence-corrected chi connectivity index (χ3v) is 3.64. The third kappa shape index (κ3) is 4.76. The number of esters is 1. The Morgan fingerprint density at radius 2 is 1.84 bits per heavy atom. The fourth-order valence-electron chi connectivity index (χ4n) is 2.25. The smallest absolute Gasteiger partial charge is 0.343 e. The molecule has 25 heavy (non-hydrogen) atoms. The van der Waals surface area contributed by atoms with E-state index in [1.165, 1.54) is 10.9 Å². The number of ether oxygens (including phenoxy) is 1. The number of nitrogens with one attached hydrogen (secondary N) is 1. The molecule has 1 N–H and O–H groups in total. The molecule has 0 radical (unpaired) electrons. The van der Waals surface area contributed by atoms with Crippen molar-refractivity contribution in [2.75, 3.05) is 11.9 Å². The molecular weight excluding hydrogens is 322 g/mol. The molecule has 0 aliphatic rings. The minimum atomic E-state index is -0.554. The van der Waals surface area contributed by atoms with Crippen LogP contribution in [0, 0.1) is 6.92 Å². The van der Waals surface area contributed by atoms with Gasteiger partial charge in [0.15, 0.2) is 5.78 Å². The minimum Gasteiger partial charge on any atom is -0.462 e. The van der Waals surface area contributed by atoms with Crippen molar-refractivity contribution in [1.82, 2.24) is 9.78 Å². The number of aryl methyl sites for hydroxylation is 2. The fraction of sp³-hybridized carbons (Fsp3) is 0.333. The lowest BCUT2D eigenvalue weighted by Crippen LogP contribution is -2.18. The van der Waals surface area contributed by atoms with E-state index in [-0.39, 0.29) is 42.5 Å². The van der Waals surface area contributed by atoms with E-state index in [0.717, 1.165) is 5.56 Å². The standard InChI is InChI=1S/C18H21N3O4/c1-4-25-18(24)14-11-19-21(3)17(14)20-16(23)10-9-15(22)13-7-5-12(2)6-8-13/h5-8,11H,4,9-10H2,1-3H3,(H,20,23). The van der Waals surface area contributed by atoms with Crippen LogP contribution in [0.3, 0.4) is 0 Å². The number of Topliss-reactive ketones (excluding diaryl/α,β-unsaturated/α-hetero) is 1. The summed E-state index contributed by atoms with van der Waals surface area (Å²) < 4.78 is 6.31. The molecule has 7 heteroatoms. The van der Waals surface area contributed by atoms with Gasteiger partial charge in [-0.05, 0) is 13.8 Å². The molecule has 132 valence electrons. The summed E-state index contributed by atoms with van der Waals surface area (Å²) in [5, 5.41) is 6.58. The summed E-state index contributed by atoms with van der Waals surface area (Å²) in [5.74, 6) is -0.770. The van der Waals surface area contributed by atoms with Gasteiger partial charge < -0.3 is 10.1 Å². The van der Waals surface area contributed by atoms with Crippen LogP contribution in [0.15, 0.2) is 30.5 Å². The van der Waals surface area contributed by atoms with Crippen LogP contribution in [0.4, 0.5) is 5.82 Å². The highest BCUT2D eigenvalue weighted by Crippen LogP contribution is 2.16. The summed E-state index contributed by atoms with van der Waals surface area (Å²) >= 11 is 0. The first-order chi connectivity index (χ1) is 11.9. The lowest BCUT2D eigenvalue weighted by molar-refractivity contribution is -0.116. The molecule has 0 aliphatic heterocycles. The van der Waals surface area contributed by atoms with Crippen LogP contribution in [-0.4, -0.2) is 34.0 Å². The Morgan fingerprint density at radius 3 is 2.48 bits per heavy atom. The fourth-order valence-corrected chi connectivity index (χ4v) is 2.25. The van der Waals surface area contributed by atoms with Gasteiger partial charge in [0.2, 0.25) is 5.91 Å². The van der Waals surface area contributed by atoms with Gasteiger partial charge in [-0.2, -0.15) is 5.10 Å². The molecular formula is C18H21N3O4. The molecule has 0 fully saturated rings. The van der Waals surface area contributed by atoms with Gasteiger partial charge in [-0.3, -0.25) is 14.3 Å². The molecule has 0 spiro atoms. The molecule has 1 amide bonds. The first-order valence-electron chi connectivity index (χ1n) is 8.01. The number of ketones is 1. The second-order valence-corrected chi connectivity index (χ2v) is 5.59. The Hall–Kier alpha value is -2.96. The SMILES string of the molecule is CCOC(=O)c1cnn(C)c1NC(=O)CCC(=O)c1ccc(C)cc1. The summed E-state index contributed by atoms with van der Waals surface area (Å²) in [7, 11) is 1.61. The van der Waals surface area contributed by atoms with E-state index in [2.05, 4.69) is 10.4 Å². The predicted molar refractivity (Wildman–Crippen MR) is 92.5 cm³/mol. The van der Waals surface area contributed by atoms with Crippen molar-refractivity contribution in [2.24, 2.45) is 7.05 Å². The van der Waals surface area contributed by atoms with E-state index in [1.54, 1.807) is 26.1 Å². The van der Waals surface area contributed by atoms with Crippen LogP contribution >= 0.6 is 0 Å². The van der Waals surface area contributed by atoms with E-state index >= 15 is 0 Å². The number of amides is 1. The van der Waals surface area contributed by atoms with E-state index in [9.17, 15) is 14.4 Å². The van der Waals surface area contributed by atoms with Crippen molar-refractivity contribution in [3.63, 3.8) is 0 Å². The molecule has 0 atom stereocenters. The average molecular weight is 343 g/mol. The Balaban J connectivity index is 1.96. The molecule has 1 heterocycles. The van der Waals surface area contributed by atoms with E-state index < -0.39 is 5.97 Å². The van der Waals surface area contributed by atoms with E-state index in [4.69, 9.17) is 4.74 Å². The van der Waals surface area contributed by atoms with Gasteiger partial charge in [0, 0.05) is 25.5 Å². The maximum Gasteiger partial charge on any atom is 0.343 e. The lowest BCUT2D eigenvalue weighted by Gasteiger charge is -2.08. The number of carbonyl (C=O) groups is 3. The van der Waals surface area contributed by atoms with Crippen LogP contribution in [0.2, 0.25) is 0 Å². The van der Waals surface area contributed by atoms with Gasteiger partial charge in [-0.25, -0.2) is 4.79 Å². The maximum atomic E-state index is 12.1. The zero-order valence-corrected chi connectivity index (χ0v) is 14.5. The molecule has 7 nitrogen and oxygen atoms in total. The average Bonchev–Trinajstić information content (AvgIpc) is 2.94. The van der Waals surface area contributed by atoms with Crippen LogP contribution in [-0.2, 0) is 16.6 Å². The molecule has 0 bridgehead atoms. The molecule has 2 aromatic rings. The summed E-state index contributed by atoms with van der Waals surface area (Å²) in [6, 6.07) is 7.20. The second kappa shape index (κ2) is 8.23. The highest BCUT2D eigenvalue weighted by Gasteiger charge is 2.19. The first-order valence-corrected chi connectivity index (χ1v) is 8.01. The Labute approximate surface area is 146 Å². The topological polar surface area (TPSA) is 90.3 Å². The van der Waals surface area contributed by atoms with Crippen molar-refractivity contribution in [1.29, 1.82) is 0 Å². The predicted octanol–water partition coefficient (Wildman–Crippen LogP) is 2.51. The summed E-state index contributed by atoms with van der Waals surface area (Å²) in [6.07, 6.45) is 1.44. The Kier molecular flexibility index (Phi) is 6.05. The monoisotopic (exact) mass is 343 g/mol. The Bertz CT molecular complexity index is 778. The number of aromatic nitrogens is 2. The summed E-state index contributed by atoms with van der Waals surface area (Å²) in [4.78, 5) is 36.1. The highest BCUT2D eigenvalue weighted by atomic mass is 16.5. The number of nitrogens with zero attached hydrogens (tertiary/aromatic N) is 2. The van der Waals surface area contributed by atoms with Gasteiger partial charge in [0.1, 0.15) is 11.4 Å². The number of hydrogen-bond donors (Lipinski definition) is 1. The number of anilines is 1. The van der Waals surface area contributed by atoms with Crippen LogP contribution in [0.1, 0.15) is 46.0 Å². The van der Waals surface area contributed by atoms with Crippen molar-refractivity contribution in [3.8, 4) is 0 Å². The van der Waals surface area contributed by atoms with Gasteiger partial charge in [0.25, 0.3) is 0 Å². The van der Waals surface area contributed by atoms with Crippen LogP contribution in [0.5, 0.6) is 0 Å². The normalized spacial score (nSPS) is 10.4.